The van der Waals surface area contributed by atoms with Gasteiger partial charge in [-0.15, -0.1) is 0 Å². The molecule has 1 heterocycles. The molecule has 1 saturated heterocycles. The Kier molecular flexibility index (Phi) is 4.48. The summed E-state index contributed by atoms with van der Waals surface area (Å²) in [6.07, 6.45) is 7.19. The van der Waals surface area contributed by atoms with Crippen molar-refractivity contribution < 1.29 is 0 Å². The van der Waals surface area contributed by atoms with E-state index in [-0.39, 0.29) is 0 Å². The molecule has 100 valence electrons. The predicted octanol–water partition coefficient (Wildman–Crippen LogP) is 2.98. The normalized spacial score (nSPS) is 32.1. The Morgan fingerprint density at radius 2 is 1.65 bits per heavy atom. The molecule has 2 aliphatic rings. The van der Waals surface area contributed by atoms with Crippen molar-refractivity contribution in [1.29, 1.82) is 0 Å². The van der Waals surface area contributed by atoms with E-state index in [9.17, 15) is 0 Å². The topological polar surface area (TPSA) is 6.48 Å². The van der Waals surface area contributed by atoms with Gasteiger partial charge in [0.25, 0.3) is 0 Å². The minimum atomic E-state index is 0.732. The fourth-order valence-corrected chi connectivity index (χ4v) is 3.43. The SMILES string of the molecule is CCC1CCC(N(C)C2CN(C(C)C)C2)CC1. The van der Waals surface area contributed by atoms with Gasteiger partial charge in [-0.1, -0.05) is 13.3 Å². The van der Waals surface area contributed by atoms with Crippen LogP contribution in [0.4, 0.5) is 0 Å². The van der Waals surface area contributed by atoms with E-state index >= 15 is 0 Å². The highest BCUT2D eigenvalue weighted by molar-refractivity contribution is 4.92. The first-order valence-electron chi connectivity index (χ1n) is 7.57. The Labute approximate surface area is 107 Å². The molecular formula is C15H30N2. The molecule has 0 radical (unpaired) electrons. The second kappa shape index (κ2) is 5.71. The second-order valence-corrected chi connectivity index (χ2v) is 6.45. The van der Waals surface area contributed by atoms with Gasteiger partial charge in [-0.3, -0.25) is 9.80 Å². The van der Waals surface area contributed by atoms with Crippen LogP contribution in [-0.2, 0) is 0 Å². The molecule has 1 aliphatic carbocycles. The Hall–Kier alpha value is -0.0800. The van der Waals surface area contributed by atoms with Crippen molar-refractivity contribution in [2.75, 3.05) is 20.1 Å². The molecule has 0 N–H and O–H groups in total. The van der Waals surface area contributed by atoms with E-state index in [0.29, 0.717) is 0 Å². The smallest absolute Gasteiger partial charge is 0.0350 e. The molecule has 0 aromatic carbocycles. The first kappa shape index (κ1) is 13.4. The summed E-state index contributed by atoms with van der Waals surface area (Å²) in [4.78, 5) is 5.27. The van der Waals surface area contributed by atoms with E-state index in [1.807, 2.05) is 0 Å². The van der Waals surface area contributed by atoms with Crippen LogP contribution in [0.1, 0.15) is 52.9 Å². The van der Waals surface area contributed by atoms with E-state index in [0.717, 1.165) is 24.0 Å². The molecule has 2 heteroatoms. The first-order valence-corrected chi connectivity index (χ1v) is 7.57. The first-order chi connectivity index (χ1) is 8.11. The highest BCUT2D eigenvalue weighted by Gasteiger charge is 2.35. The third-order valence-electron chi connectivity index (χ3n) is 5.17. The molecule has 1 saturated carbocycles. The average molecular weight is 238 g/mol. The van der Waals surface area contributed by atoms with E-state index in [4.69, 9.17) is 0 Å². The van der Waals surface area contributed by atoms with Crippen LogP contribution in [0.5, 0.6) is 0 Å². The largest absolute Gasteiger partial charge is 0.298 e. The van der Waals surface area contributed by atoms with Crippen LogP contribution in [-0.4, -0.2) is 48.1 Å². The summed E-state index contributed by atoms with van der Waals surface area (Å²) in [6.45, 7) is 9.55. The summed E-state index contributed by atoms with van der Waals surface area (Å²) in [7, 11) is 2.36. The maximum Gasteiger partial charge on any atom is 0.0350 e. The maximum atomic E-state index is 2.69. The third-order valence-corrected chi connectivity index (χ3v) is 5.17. The lowest BCUT2D eigenvalue weighted by Gasteiger charge is -2.49. The Bertz CT molecular complexity index is 225. The molecule has 0 spiro atoms. The summed E-state index contributed by atoms with van der Waals surface area (Å²) in [5.41, 5.74) is 0. The highest BCUT2D eigenvalue weighted by atomic mass is 15.3. The summed E-state index contributed by atoms with van der Waals surface area (Å²) in [6, 6.07) is 2.44. The number of hydrogen-bond acceptors (Lipinski definition) is 2. The van der Waals surface area contributed by atoms with Crippen molar-refractivity contribution in [2.24, 2.45) is 5.92 Å². The molecule has 17 heavy (non-hydrogen) atoms. The second-order valence-electron chi connectivity index (χ2n) is 6.45. The molecule has 0 amide bonds. The molecule has 0 aromatic heterocycles. The van der Waals surface area contributed by atoms with E-state index in [1.54, 1.807) is 0 Å². The van der Waals surface area contributed by atoms with Crippen molar-refractivity contribution >= 4 is 0 Å². The van der Waals surface area contributed by atoms with Gasteiger partial charge >= 0.3 is 0 Å². The predicted molar refractivity (Wildman–Crippen MR) is 74.3 cm³/mol. The number of hydrogen-bond donors (Lipinski definition) is 0. The van der Waals surface area contributed by atoms with Gasteiger partial charge < -0.3 is 0 Å². The van der Waals surface area contributed by atoms with Gasteiger partial charge in [0.2, 0.25) is 0 Å². The quantitative estimate of drug-likeness (QED) is 0.743. The summed E-state index contributed by atoms with van der Waals surface area (Å²) in [5, 5.41) is 0. The van der Waals surface area contributed by atoms with E-state index < -0.39 is 0 Å². The van der Waals surface area contributed by atoms with Crippen LogP contribution in [0.25, 0.3) is 0 Å². The Morgan fingerprint density at radius 1 is 1.06 bits per heavy atom. The maximum absolute atomic E-state index is 2.69. The van der Waals surface area contributed by atoms with Crippen LogP contribution in [0, 0.1) is 5.92 Å². The van der Waals surface area contributed by atoms with Gasteiger partial charge in [0, 0.05) is 31.2 Å². The van der Waals surface area contributed by atoms with E-state index in [2.05, 4.69) is 37.6 Å². The van der Waals surface area contributed by atoms with Crippen LogP contribution in [0.15, 0.2) is 0 Å². The van der Waals surface area contributed by atoms with Gasteiger partial charge in [-0.05, 0) is 52.5 Å². The van der Waals surface area contributed by atoms with Crippen LogP contribution in [0.2, 0.25) is 0 Å². The van der Waals surface area contributed by atoms with Crippen LogP contribution >= 0.6 is 0 Å². The van der Waals surface area contributed by atoms with Gasteiger partial charge in [-0.25, -0.2) is 0 Å². The number of likely N-dealkylation sites (tertiary alicyclic amines) is 1. The number of nitrogens with zero attached hydrogens (tertiary/aromatic N) is 2. The number of likely N-dealkylation sites (N-methyl/N-ethyl adjacent to an activating group) is 1. The third kappa shape index (κ3) is 3.03. The van der Waals surface area contributed by atoms with Crippen molar-refractivity contribution in [3.63, 3.8) is 0 Å². The van der Waals surface area contributed by atoms with Crippen molar-refractivity contribution in [3.05, 3.63) is 0 Å². The molecule has 0 bridgehead atoms. The number of rotatable bonds is 4. The minimum absolute atomic E-state index is 0.732. The molecule has 0 aromatic rings. The molecule has 1 aliphatic heterocycles. The Balaban J connectivity index is 1.73. The fourth-order valence-electron chi connectivity index (χ4n) is 3.43. The lowest BCUT2D eigenvalue weighted by Crippen LogP contribution is -2.62. The van der Waals surface area contributed by atoms with Gasteiger partial charge in [0.05, 0.1) is 0 Å². The molecule has 0 atom stereocenters. The molecular weight excluding hydrogens is 208 g/mol. The molecule has 2 nitrogen and oxygen atoms in total. The molecule has 0 unspecified atom stereocenters. The standard InChI is InChI=1S/C15H30N2/c1-5-13-6-8-14(9-7-13)16(4)15-10-17(11-15)12(2)3/h12-15H,5-11H2,1-4H3. The van der Waals surface area contributed by atoms with Crippen molar-refractivity contribution in [1.82, 2.24) is 9.80 Å². The van der Waals surface area contributed by atoms with Crippen molar-refractivity contribution in [3.8, 4) is 0 Å². The monoisotopic (exact) mass is 238 g/mol. The zero-order chi connectivity index (χ0) is 12.4. The molecule has 2 rings (SSSR count). The van der Waals surface area contributed by atoms with Crippen molar-refractivity contribution in [2.45, 2.75) is 71.0 Å². The zero-order valence-corrected chi connectivity index (χ0v) is 12.2. The minimum Gasteiger partial charge on any atom is -0.298 e. The van der Waals surface area contributed by atoms with Crippen LogP contribution < -0.4 is 0 Å². The summed E-state index contributed by atoms with van der Waals surface area (Å²) >= 11 is 0. The van der Waals surface area contributed by atoms with Crippen LogP contribution in [0.3, 0.4) is 0 Å². The lowest BCUT2D eigenvalue weighted by molar-refractivity contribution is -0.00440. The van der Waals surface area contributed by atoms with E-state index in [1.165, 1.54) is 45.2 Å². The summed E-state index contributed by atoms with van der Waals surface area (Å²) in [5.74, 6) is 1.02. The highest BCUT2D eigenvalue weighted by Crippen LogP contribution is 2.31. The zero-order valence-electron chi connectivity index (χ0n) is 12.2. The van der Waals surface area contributed by atoms with Gasteiger partial charge in [-0.2, -0.15) is 0 Å². The van der Waals surface area contributed by atoms with Gasteiger partial charge in [0.1, 0.15) is 0 Å². The fraction of sp³-hybridized carbons (Fsp3) is 1.00. The van der Waals surface area contributed by atoms with Gasteiger partial charge in [0.15, 0.2) is 0 Å². The Morgan fingerprint density at radius 3 is 2.12 bits per heavy atom. The molecule has 2 fully saturated rings. The lowest BCUT2D eigenvalue weighted by atomic mass is 9.83. The average Bonchev–Trinajstić information content (AvgIpc) is 2.26. The summed E-state index contributed by atoms with van der Waals surface area (Å²) < 4.78 is 0.